The number of hydrogen-bond acceptors (Lipinski definition) is 6. The van der Waals surface area contributed by atoms with Crippen LogP contribution in [0.1, 0.15) is 5.56 Å². The highest BCUT2D eigenvalue weighted by Gasteiger charge is 2.12. The second kappa shape index (κ2) is 7.45. The summed E-state index contributed by atoms with van der Waals surface area (Å²) >= 11 is 0. The minimum Gasteiger partial charge on any atom is -0.496 e. The second-order valence-corrected chi connectivity index (χ2v) is 5.69. The van der Waals surface area contributed by atoms with E-state index in [9.17, 15) is 9.90 Å². The zero-order chi connectivity index (χ0) is 17.8. The number of benzene rings is 1. The third-order valence-electron chi connectivity index (χ3n) is 3.89. The first-order valence-corrected chi connectivity index (χ1v) is 7.85. The van der Waals surface area contributed by atoms with Gasteiger partial charge in [0.25, 0.3) is 5.56 Å². The van der Waals surface area contributed by atoms with Gasteiger partial charge in [-0.15, -0.1) is 0 Å². The number of nitrogens with zero attached hydrogens (tertiary/aromatic N) is 4. The van der Waals surface area contributed by atoms with E-state index in [0.29, 0.717) is 17.6 Å². The standard InChI is InChI=1S/C17H20N4O4/c1-20-16-14(7-19-20)17(23)21(11-18-16)8-13(22)10-25-9-12-5-3-4-6-15(12)24-2/h3-7,11,13,22H,8-10H2,1-2H3. The molecule has 1 atom stereocenters. The Balaban J connectivity index is 1.60. The predicted octanol–water partition coefficient (Wildman–Crippen LogP) is 0.716. The molecule has 0 spiro atoms. The Kier molecular flexibility index (Phi) is 5.11. The van der Waals surface area contributed by atoms with Gasteiger partial charge in [0, 0.05) is 12.6 Å². The van der Waals surface area contributed by atoms with Crippen LogP contribution in [0, 0.1) is 0 Å². The molecule has 0 radical (unpaired) electrons. The predicted molar refractivity (Wildman–Crippen MR) is 91.4 cm³/mol. The molecule has 3 rings (SSSR count). The lowest BCUT2D eigenvalue weighted by Crippen LogP contribution is -2.29. The molecule has 8 nitrogen and oxygen atoms in total. The second-order valence-electron chi connectivity index (χ2n) is 5.69. The number of aliphatic hydroxyl groups excluding tert-OH is 1. The number of ether oxygens (including phenoxy) is 2. The summed E-state index contributed by atoms with van der Waals surface area (Å²) in [7, 11) is 3.32. The van der Waals surface area contributed by atoms with E-state index in [1.54, 1.807) is 14.2 Å². The molecule has 0 fully saturated rings. The van der Waals surface area contributed by atoms with Crippen LogP contribution in [0.3, 0.4) is 0 Å². The van der Waals surface area contributed by atoms with Gasteiger partial charge in [-0.1, -0.05) is 18.2 Å². The van der Waals surface area contributed by atoms with Gasteiger partial charge in [0.2, 0.25) is 0 Å². The Morgan fingerprint density at radius 1 is 1.32 bits per heavy atom. The minimum atomic E-state index is -0.830. The van der Waals surface area contributed by atoms with Gasteiger partial charge in [0.15, 0.2) is 5.65 Å². The van der Waals surface area contributed by atoms with Crippen molar-refractivity contribution in [3.8, 4) is 5.75 Å². The fourth-order valence-electron chi connectivity index (χ4n) is 2.60. The topological polar surface area (TPSA) is 91.4 Å². The van der Waals surface area contributed by atoms with E-state index < -0.39 is 6.10 Å². The zero-order valence-corrected chi connectivity index (χ0v) is 14.1. The molecule has 8 heteroatoms. The van der Waals surface area contributed by atoms with Crippen LogP contribution in [0.5, 0.6) is 5.75 Å². The summed E-state index contributed by atoms with van der Waals surface area (Å²) in [6.45, 7) is 0.508. The van der Waals surface area contributed by atoms with Gasteiger partial charge < -0.3 is 14.6 Å². The molecule has 0 bridgehead atoms. The van der Waals surface area contributed by atoms with Gasteiger partial charge in [0.05, 0.1) is 39.2 Å². The third kappa shape index (κ3) is 3.70. The molecular formula is C17H20N4O4. The van der Waals surface area contributed by atoms with Crippen LogP contribution >= 0.6 is 0 Å². The van der Waals surface area contributed by atoms with Crippen LogP contribution in [0.15, 0.2) is 41.6 Å². The quantitative estimate of drug-likeness (QED) is 0.679. The molecule has 0 saturated heterocycles. The number of methoxy groups -OCH3 is 1. The van der Waals surface area contributed by atoms with Crippen LogP contribution in [0.25, 0.3) is 11.0 Å². The molecule has 0 aliphatic heterocycles. The highest BCUT2D eigenvalue weighted by Crippen LogP contribution is 2.18. The smallest absolute Gasteiger partial charge is 0.264 e. The molecule has 1 aromatic carbocycles. The van der Waals surface area contributed by atoms with Crippen molar-refractivity contribution < 1.29 is 14.6 Å². The SMILES string of the molecule is COc1ccccc1COCC(O)Cn1cnc2c(cnn2C)c1=O. The minimum absolute atomic E-state index is 0.0928. The summed E-state index contributed by atoms with van der Waals surface area (Å²) in [5.41, 5.74) is 1.18. The maximum atomic E-state index is 12.4. The van der Waals surface area contributed by atoms with Crippen molar-refractivity contribution in [2.45, 2.75) is 19.3 Å². The van der Waals surface area contributed by atoms with Gasteiger partial charge in [0.1, 0.15) is 17.5 Å². The number of rotatable bonds is 7. The molecule has 2 heterocycles. The first-order valence-electron chi connectivity index (χ1n) is 7.85. The van der Waals surface area contributed by atoms with Gasteiger partial charge in [-0.2, -0.15) is 5.10 Å². The number of fused-ring (bicyclic) bond motifs is 1. The van der Waals surface area contributed by atoms with Gasteiger partial charge in [-0.05, 0) is 6.07 Å². The number of aliphatic hydroxyl groups is 1. The summed E-state index contributed by atoms with van der Waals surface area (Å²) in [5, 5.41) is 14.6. The lowest BCUT2D eigenvalue weighted by molar-refractivity contribution is 0.0192. The molecule has 1 N–H and O–H groups in total. The number of para-hydroxylation sites is 1. The van der Waals surface area contributed by atoms with Crippen molar-refractivity contribution in [2.75, 3.05) is 13.7 Å². The average molecular weight is 344 g/mol. The van der Waals surface area contributed by atoms with Crippen molar-refractivity contribution in [1.29, 1.82) is 0 Å². The Morgan fingerprint density at radius 2 is 2.12 bits per heavy atom. The normalized spacial score (nSPS) is 12.4. The van der Waals surface area contributed by atoms with Crippen LogP contribution in [0.2, 0.25) is 0 Å². The maximum absolute atomic E-state index is 12.4. The highest BCUT2D eigenvalue weighted by molar-refractivity contribution is 5.72. The summed E-state index contributed by atoms with van der Waals surface area (Å²) < 4.78 is 13.7. The van der Waals surface area contributed by atoms with E-state index in [1.807, 2.05) is 24.3 Å². The Hall–Kier alpha value is -2.71. The van der Waals surface area contributed by atoms with Crippen molar-refractivity contribution in [3.05, 3.63) is 52.7 Å². The maximum Gasteiger partial charge on any atom is 0.264 e. The molecule has 0 saturated carbocycles. The van der Waals surface area contributed by atoms with Crippen LogP contribution < -0.4 is 10.3 Å². The first kappa shape index (κ1) is 17.1. The Bertz CT molecular complexity index is 918. The van der Waals surface area contributed by atoms with Gasteiger partial charge in [-0.3, -0.25) is 14.0 Å². The molecule has 25 heavy (non-hydrogen) atoms. The van der Waals surface area contributed by atoms with Gasteiger partial charge in [-0.25, -0.2) is 4.98 Å². The lowest BCUT2D eigenvalue weighted by atomic mass is 10.2. The van der Waals surface area contributed by atoms with E-state index in [0.717, 1.165) is 11.3 Å². The molecule has 0 aliphatic rings. The number of aryl methyl sites for hydroxylation is 1. The summed E-state index contributed by atoms with van der Waals surface area (Å²) in [6, 6.07) is 7.52. The molecule has 2 aromatic heterocycles. The Morgan fingerprint density at radius 3 is 2.92 bits per heavy atom. The molecular weight excluding hydrogens is 324 g/mol. The summed E-state index contributed by atoms with van der Waals surface area (Å²) in [6.07, 6.45) is 2.06. The van der Waals surface area contributed by atoms with Crippen molar-refractivity contribution in [3.63, 3.8) is 0 Å². The third-order valence-corrected chi connectivity index (χ3v) is 3.89. The first-order chi connectivity index (χ1) is 12.1. The van der Waals surface area contributed by atoms with Crippen molar-refractivity contribution in [1.82, 2.24) is 19.3 Å². The molecule has 0 amide bonds. The largest absolute Gasteiger partial charge is 0.496 e. The van der Waals surface area contributed by atoms with E-state index in [4.69, 9.17) is 9.47 Å². The lowest BCUT2D eigenvalue weighted by Gasteiger charge is -2.14. The summed E-state index contributed by atoms with van der Waals surface area (Å²) in [4.78, 5) is 16.6. The van der Waals surface area contributed by atoms with Crippen molar-refractivity contribution >= 4 is 11.0 Å². The van der Waals surface area contributed by atoms with Crippen molar-refractivity contribution in [2.24, 2.45) is 7.05 Å². The fourth-order valence-corrected chi connectivity index (χ4v) is 2.60. The van der Waals surface area contributed by atoms with E-state index in [1.165, 1.54) is 21.8 Å². The van der Waals surface area contributed by atoms with Crippen LogP contribution in [0.4, 0.5) is 0 Å². The van der Waals surface area contributed by atoms with E-state index in [-0.39, 0.29) is 18.7 Å². The number of aromatic nitrogens is 4. The van der Waals surface area contributed by atoms with E-state index >= 15 is 0 Å². The summed E-state index contributed by atoms with van der Waals surface area (Å²) in [5.74, 6) is 0.736. The molecule has 132 valence electrons. The Labute approximate surface area is 144 Å². The number of hydrogen-bond donors (Lipinski definition) is 1. The van der Waals surface area contributed by atoms with E-state index in [2.05, 4.69) is 10.1 Å². The molecule has 1 unspecified atom stereocenters. The van der Waals surface area contributed by atoms with Gasteiger partial charge >= 0.3 is 0 Å². The average Bonchev–Trinajstić information content (AvgIpc) is 2.99. The fraction of sp³-hybridized carbons (Fsp3) is 0.353. The highest BCUT2D eigenvalue weighted by atomic mass is 16.5. The van der Waals surface area contributed by atoms with Crippen LogP contribution in [-0.4, -0.2) is 44.3 Å². The molecule has 3 aromatic rings. The molecule has 0 aliphatic carbocycles. The van der Waals surface area contributed by atoms with Crippen LogP contribution in [-0.2, 0) is 24.9 Å². The monoisotopic (exact) mass is 344 g/mol. The zero-order valence-electron chi connectivity index (χ0n) is 14.1.